The van der Waals surface area contributed by atoms with E-state index in [0.717, 1.165) is 18.7 Å². The summed E-state index contributed by atoms with van der Waals surface area (Å²) in [5, 5.41) is 5.92. The number of carbonyl (C=O) groups excluding carboxylic acids is 1. The predicted octanol–water partition coefficient (Wildman–Crippen LogP) is 3.52. The van der Waals surface area contributed by atoms with Crippen molar-refractivity contribution in [3.8, 4) is 0 Å². The molecule has 2 N–H and O–H groups in total. The van der Waals surface area contributed by atoms with Gasteiger partial charge >= 0.3 is 6.18 Å². The lowest BCUT2D eigenvalue weighted by atomic mass is 9.94. The first kappa shape index (κ1) is 17.8. The molecule has 2 rings (SSSR count). The van der Waals surface area contributed by atoms with Gasteiger partial charge in [0.25, 0.3) is 0 Å². The van der Waals surface area contributed by atoms with E-state index in [1.165, 1.54) is 18.9 Å². The third-order valence-corrected chi connectivity index (χ3v) is 3.97. The van der Waals surface area contributed by atoms with E-state index in [9.17, 15) is 18.0 Å². The highest BCUT2D eigenvalue weighted by atomic mass is 19.4. The number of carbonyl (C=O) groups is 1. The number of rotatable bonds is 7. The number of halogens is 3. The third kappa shape index (κ3) is 5.53. The lowest BCUT2D eigenvalue weighted by molar-refractivity contribution is -0.137. The van der Waals surface area contributed by atoms with Crippen LogP contribution < -0.4 is 10.6 Å². The van der Waals surface area contributed by atoms with Crippen molar-refractivity contribution in [1.29, 1.82) is 0 Å². The number of hydrogen-bond acceptors (Lipinski definition) is 2. The van der Waals surface area contributed by atoms with Crippen LogP contribution in [-0.4, -0.2) is 19.0 Å². The van der Waals surface area contributed by atoms with E-state index in [1.54, 1.807) is 6.07 Å². The molecule has 0 bridgehead atoms. The molecule has 1 saturated carbocycles. The van der Waals surface area contributed by atoms with Gasteiger partial charge in [-0.05, 0) is 48.9 Å². The fourth-order valence-corrected chi connectivity index (χ4v) is 2.48. The molecule has 0 saturated heterocycles. The molecular formula is C17H23F3N2O. The van der Waals surface area contributed by atoms with E-state index >= 15 is 0 Å². The number of hydrogen-bond donors (Lipinski definition) is 2. The lowest BCUT2D eigenvalue weighted by Crippen LogP contribution is -2.38. The van der Waals surface area contributed by atoms with Crippen molar-refractivity contribution in [2.75, 3.05) is 13.1 Å². The fraction of sp³-hybridized carbons (Fsp3) is 0.588. The van der Waals surface area contributed by atoms with Crippen LogP contribution in [0.2, 0.25) is 0 Å². The van der Waals surface area contributed by atoms with Crippen LogP contribution in [0.25, 0.3) is 0 Å². The number of benzene rings is 1. The van der Waals surface area contributed by atoms with Gasteiger partial charge in [0, 0.05) is 0 Å². The second kappa shape index (κ2) is 7.34. The molecular weight excluding hydrogens is 305 g/mol. The first-order valence-electron chi connectivity index (χ1n) is 7.94. The summed E-state index contributed by atoms with van der Waals surface area (Å²) in [6.07, 6.45) is -1.98. The monoisotopic (exact) mass is 328 g/mol. The van der Waals surface area contributed by atoms with E-state index in [0.29, 0.717) is 11.5 Å². The summed E-state index contributed by atoms with van der Waals surface area (Å²) < 4.78 is 38.5. The van der Waals surface area contributed by atoms with Crippen molar-refractivity contribution in [3.05, 3.63) is 35.4 Å². The summed E-state index contributed by atoms with van der Waals surface area (Å²) >= 11 is 0. The Labute approximate surface area is 134 Å². The number of amides is 1. The first-order valence-corrected chi connectivity index (χ1v) is 7.94. The molecule has 1 atom stereocenters. The first-order chi connectivity index (χ1) is 10.8. The predicted molar refractivity (Wildman–Crippen MR) is 82.8 cm³/mol. The highest BCUT2D eigenvalue weighted by molar-refractivity contribution is 5.78. The molecule has 0 radical (unpaired) electrons. The Morgan fingerprint density at radius 3 is 2.57 bits per heavy atom. The smallest absolute Gasteiger partial charge is 0.348 e. The molecule has 0 aliphatic heterocycles. The summed E-state index contributed by atoms with van der Waals surface area (Å²) in [6, 6.07) is 4.72. The van der Waals surface area contributed by atoms with Gasteiger partial charge < -0.3 is 10.6 Å². The molecule has 0 heterocycles. The third-order valence-electron chi connectivity index (χ3n) is 3.97. The molecule has 0 spiro atoms. The molecule has 1 aliphatic rings. The van der Waals surface area contributed by atoms with E-state index in [4.69, 9.17) is 0 Å². The molecule has 128 valence electrons. The van der Waals surface area contributed by atoms with Gasteiger partial charge in [0.1, 0.15) is 0 Å². The van der Waals surface area contributed by atoms with Gasteiger partial charge in [-0.1, -0.05) is 26.0 Å². The quantitative estimate of drug-likeness (QED) is 0.804. The van der Waals surface area contributed by atoms with Gasteiger partial charge in [-0.25, -0.2) is 0 Å². The SMILES string of the molecule is CC(C)C(NC(=O)CNCC1CC1)c1cccc(C(F)(F)F)c1. The van der Waals surface area contributed by atoms with Crippen LogP contribution in [0.4, 0.5) is 13.2 Å². The van der Waals surface area contributed by atoms with Crippen molar-refractivity contribution < 1.29 is 18.0 Å². The van der Waals surface area contributed by atoms with E-state index in [1.807, 2.05) is 13.8 Å². The van der Waals surface area contributed by atoms with Crippen LogP contribution in [0.1, 0.15) is 43.9 Å². The standard InChI is InChI=1S/C17H23F3N2O/c1-11(2)16(22-15(23)10-21-9-12-6-7-12)13-4-3-5-14(8-13)17(18,19)20/h3-5,8,11-12,16,21H,6-7,9-10H2,1-2H3,(H,22,23). The van der Waals surface area contributed by atoms with Crippen molar-refractivity contribution in [2.24, 2.45) is 11.8 Å². The van der Waals surface area contributed by atoms with Gasteiger partial charge in [-0.2, -0.15) is 13.2 Å². The molecule has 6 heteroatoms. The van der Waals surface area contributed by atoms with Crippen LogP contribution in [-0.2, 0) is 11.0 Å². The maximum atomic E-state index is 12.8. The summed E-state index contributed by atoms with van der Waals surface area (Å²) in [4.78, 5) is 12.0. The number of nitrogens with one attached hydrogen (secondary N) is 2. The van der Waals surface area contributed by atoms with Gasteiger partial charge in [0.15, 0.2) is 0 Å². The Balaban J connectivity index is 2.00. The van der Waals surface area contributed by atoms with Crippen LogP contribution in [0.3, 0.4) is 0 Å². The Hall–Kier alpha value is -1.56. The highest BCUT2D eigenvalue weighted by Crippen LogP contribution is 2.32. The van der Waals surface area contributed by atoms with Gasteiger partial charge in [0.2, 0.25) is 5.91 Å². The van der Waals surface area contributed by atoms with Crippen LogP contribution >= 0.6 is 0 Å². The van der Waals surface area contributed by atoms with Crippen LogP contribution in [0.5, 0.6) is 0 Å². The summed E-state index contributed by atoms with van der Waals surface area (Å²) in [5.74, 6) is 0.472. The second-order valence-electron chi connectivity index (χ2n) is 6.49. The molecule has 1 amide bonds. The molecule has 3 nitrogen and oxygen atoms in total. The van der Waals surface area contributed by atoms with Crippen molar-refractivity contribution in [1.82, 2.24) is 10.6 Å². The molecule has 1 aromatic carbocycles. The normalized spacial score (nSPS) is 16.4. The van der Waals surface area contributed by atoms with Gasteiger partial charge in [-0.15, -0.1) is 0 Å². The average molecular weight is 328 g/mol. The van der Waals surface area contributed by atoms with Crippen molar-refractivity contribution in [2.45, 2.75) is 38.9 Å². The minimum Gasteiger partial charge on any atom is -0.348 e. The highest BCUT2D eigenvalue weighted by Gasteiger charge is 2.31. The number of alkyl halides is 3. The molecule has 0 aromatic heterocycles. The summed E-state index contributed by atoms with van der Waals surface area (Å²) in [5.41, 5.74) is -0.216. The summed E-state index contributed by atoms with van der Waals surface area (Å²) in [7, 11) is 0. The van der Waals surface area contributed by atoms with Crippen molar-refractivity contribution in [3.63, 3.8) is 0 Å². The minimum atomic E-state index is -4.38. The molecule has 1 unspecified atom stereocenters. The van der Waals surface area contributed by atoms with Crippen molar-refractivity contribution >= 4 is 5.91 Å². The van der Waals surface area contributed by atoms with E-state index in [2.05, 4.69) is 10.6 Å². The molecule has 1 fully saturated rings. The van der Waals surface area contributed by atoms with Crippen LogP contribution in [0, 0.1) is 11.8 Å². The second-order valence-corrected chi connectivity index (χ2v) is 6.49. The Bertz CT molecular complexity index is 539. The Morgan fingerprint density at radius 2 is 2.00 bits per heavy atom. The lowest BCUT2D eigenvalue weighted by Gasteiger charge is -2.24. The fourth-order valence-electron chi connectivity index (χ4n) is 2.48. The molecule has 1 aliphatic carbocycles. The van der Waals surface area contributed by atoms with Crippen LogP contribution in [0.15, 0.2) is 24.3 Å². The van der Waals surface area contributed by atoms with E-state index in [-0.39, 0.29) is 18.4 Å². The maximum absolute atomic E-state index is 12.8. The van der Waals surface area contributed by atoms with Gasteiger partial charge in [0.05, 0.1) is 18.2 Å². The topological polar surface area (TPSA) is 41.1 Å². The zero-order valence-electron chi connectivity index (χ0n) is 13.4. The zero-order chi connectivity index (χ0) is 17.0. The average Bonchev–Trinajstić information content (AvgIpc) is 3.28. The van der Waals surface area contributed by atoms with Gasteiger partial charge in [-0.3, -0.25) is 4.79 Å². The minimum absolute atomic E-state index is 0.00846. The maximum Gasteiger partial charge on any atom is 0.416 e. The van der Waals surface area contributed by atoms with E-state index < -0.39 is 17.8 Å². The zero-order valence-corrected chi connectivity index (χ0v) is 13.4. The largest absolute Gasteiger partial charge is 0.416 e. The molecule has 1 aromatic rings. The summed E-state index contributed by atoms with van der Waals surface area (Å²) in [6.45, 7) is 4.77. The Morgan fingerprint density at radius 1 is 1.30 bits per heavy atom. The molecule has 23 heavy (non-hydrogen) atoms. The Kier molecular flexibility index (Phi) is 5.68.